The van der Waals surface area contributed by atoms with Gasteiger partial charge in [0.15, 0.2) is 9.84 Å². The van der Waals surface area contributed by atoms with Gasteiger partial charge in [0, 0.05) is 5.02 Å². The van der Waals surface area contributed by atoms with Crippen LogP contribution in [-0.2, 0) is 24.1 Å². The second-order valence-electron chi connectivity index (χ2n) is 4.03. The standard InChI is InChI=1S/C10H11ClO5S2/c11-8-1-3-10(4-2-8)18(14,15)16-9-5-6-17(12,13)7-9/h1-4,9H,5-7H2. The van der Waals surface area contributed by atoms with Gasteiger partial charge in [-0.15, -0.1) is 0 Å². The third kappa shape index (κ3) is 3.23. The van der Waals surface area contributed by atoms with Crippen LogP contribution in [0.4, 0.5) is 0 Å². The maximum Gasteiger partial charge on any atom is 0.297 e. The van der Waals surface area contributed by atoms with Crippen molar-refractivity contribution < 1.29 is 21.0 Å². The Hall–Kier alpha value is -0.630. The molecular weight excluding hydrogens is 300 g/mol. The van der Waals surface area contributed by atoms with Gasteiger partial charge in [-0.2, -0.15) is 8.42 Å². The van der Waals surface area contributed by atoms with Crippen molar-refractivity contribution in [1.29, 1.82) is 0 Å². The minimum absolute atomic E-state index is 0.0313. The molecule has 1 fully saturated rings. The van der Waals surface area contributed by atoms with Crippen molar-refractivity contribution in [3.8, 4) is 0 Å². The molecule has 5 nitrogen and oxygen atoms in total. The van der Waals surface area contributed by atoms with E-state index in [0.717, 1.165) is 0 Å². The lowest BCUT2D eigenvalue weighted by atomic mass is 10.3. The Bertz CT molecular complexity index is 633. The molecule has 1 unspecified atom stereocenters. The van der Waals surface area contributed by atoms with Crippen molar-refractivity contribution in [3.05, 3.63) is 29.3 Å². The average molecular weight is 311 g/mol. The van der Waals surface area contributed by atoms with Crippen molar-refractivity contribution in [3.63, 3.8) is 0 Å². The van der Waals surface area contributed by atoms with Crippen LogP contribution < -0.4 is 0 Å². The number of benzene rings is 1. The van der Waals surface area contributed by atoms with Crippen LogP contribution in [0.15, 0.2) is 29.2 Å². The largest absolute Gasteiger partial charge is 0.297 e. The van der Waals surface area contributed by atoms with Crippen molar-refractivity contribution in [2.75, 3.05) is 11.5 Å². The van der Waals surface area contributed by atoms with Crippen LogP contribution in [-0.4, -0.2) is 34.4 Å². The molecule has 100 valence electrons. The van der Waals surface area contributed by atoms with E-state index < -0.39 is 26.1 Å². The molecule has 1 heterocycles. The summed E-state index contributed by atoms with van der Waals surface area (Å²) in [4.78, 5) is -0.0313. The topological polar surface area (TPSA) is 77.5 Å². The van der Waals surface area contributed by atoms with Crippen LogP contribution in [0.25, 0.3) is 0 Å². The predicted molar refractivity (Wildman–Crippen MR) is 66.8 cm³/mol. The van der Waals surface area contributed by atoms with Crippen molar-refractivity contribution in [2.24, 2.45) is 0 Å². The van der Waals surface area contributed by atoms with Crippen molar-refractivity contribution >= 4 is 31.6 Å². The van der Waals surface area contributed by atoms with Crippen LogP contribution in [0.2, 0.25) is 5.02 Å². The summed E-state index contributed by atoms with van der Waals surface area (Å²) in [5, 5.41) is 0.414. The zero-order valence-corrected chi connectivity index (χ0v) is 11.6. The fourth-order valence-corrected chi connectivity index (χ4v) is 4.58. The van der Waals surface area contributed by atoms with Gasteiger partial charge in [0.25, 0.3) is 10.1 Å². The van der Waals surface area contributed by atoms with E-state index in [4.69, 9.17) is 15.8 Å². The third-order valence-electron chi connectivity index (χ3n) is 2.56. The molecule has 8 heteroatoms. The zero-order chi connectivity index (χ0) is 13.4. The summed E-state index contributed by atoms with van der Waals surface area (Å²) in [6, 6.07) is 5.51. The van der Waals surface area contributed by atoms with Crippen LogP contribution in [0, 0.1) is 0 Å². The van der Waals surface area contributed by atoms with Crippen LogP contribution >= 0.6 is 11.6 Å². The molecule has 1 atom stereocenters. The van der Waals surface area contributed by atoms with Gasteiger partial charge in [-0.3, -0.25) is 4.18 Å². The van der Waals surface area contributed by atoms with Gasteiger partial charge in [-0.05, 0) is 30.7 Å². The summed E-state index contributed by atoms with van der Waals surface area (Å²) in [6.07, 6.45) is -0.592. The molecule has 1 aromatic rings. The van der Waals surface area contributed by atoms with Crippen molar-refractivity contribution in [1.82, 2.24) is 0 Å². The van der Waals surface area contributed by atoms with E-state index in [1.54, 1.807) is 0 Å². The monoisotopic (exact) mass is 310 g/mol. The second kappa shape index (κ2) is 4.80. The van der Waals surface area contributed by atoms with Crippen LogP contribution in [0.3, 0.4) is 0 Å². The van der Waals surface area contributed by atoms with E-state index >= 15 is 0 Å². The second-order valence-corrected chi connectivity index (χ2v) is 8.27. The quantitative estimate of drug-likeness (QED) is 0.785. The third-order valence-corrected chi connectivity index (χ3v) is 5.92. The van der Waals surface area contributed by atoms with Gasteiger partial charge >= 0.3 is 0 Å². The van der Waals surface area contributed by atoms with E-state index in [0.29, 0.717) is 5.02 Å². The van der Waals surface area contributed by atoms with Crippen LogP contribution in [0.5, 0.6) is 0 Å². The minimum Gasteiger partial charge on any atom is -0.262 e. The molecule has 1 aliphatic heterocycles. The first-order valence-corrected chi connectivity index (χ1v) is 8.78. The fourth-order valence-electron chi connectivity index (χ4n) is 1.67. The van der Waals surface area contributed by atoms with Gasteiger partial charge in [0.1, 0.15) is 0 Å². The molecule has 1 aliphatic rings. The normalized spacial score (nSPS) is 23.1. The van der Waals surface area contributed by atoms with Crippen molar-refractivity contribution in [2.45, 2.75) is 17.4 Å². The van der Waals surface area contributed by atoms with E-state index in [1.807, 2.05) is 0 Å². The lowest BCUT2D eigenvalue weighted by Gasteiger charge is -2.10. The lowest BCUT2D eigenvalue weighted by molar-refractivity contribution is 0.236. The zero-order valence-electron chi connectivity index (χ0n) is 9.24. The first-order chi connectivity index (χ1) is 8.28. The molecular formula is C10H11ClO5S2. The Kier molecular flexibility index (Phi) is 3.68. The molecule has 0 saturated carbocycles. The van der Waals surface area contributed by atoms with E-state index in [-0.39, 0.29) is 22.8 Å². The summed E-state index contributed by atoms with van der Waals surface area (Å²) in [6.45, 7) is 0. The predicted octanol–water partition coefficient (Wildman–Crippen LogP) is 1.23. The average Bonchev–Trinajstić information content (AvgIpc) is 2.57. The summed E-state index contributed by atoms with van der Waals surface area (Å²) < 4.78 is 51.0. The number of halogens is 1. The first-order valence-electron chi connectivity index (χ1n) is 5.18. The van der Waals surface area contributed by atoms with Gasteiger partial charge in [0.05, 0.1) is 22.5 Å². The highest BCUT2D eigenvalue weighted by Crippen LogP contribution is 2.22. The smallest absolute Gasteiger partial charge is 0.262 e. The van der Waals surface area contributed by atoms with Gasteiger partial charge in [-0.25, -0.2) is 8.42 Å². The van der Waals surface area contributed by atoms with Gasteiger partial charge in [0.2, 0.25) is 0 Å². The summed E-state index contributed by atoms with van der Waals surface area (Å²) >= 11 is 5.65. The fraction of sp³-hybridized carbons (Fsp3) is 0.400. The minimum atomic E-state index is -3.93. The Balaban J connectivity index is 2.16. The Morgan fingerprint density at radius 3 is 2.33 bits per heavy atom. The summed E-state index contributed by atoms with van der Waals surface area (Å²) in [7, 11) is -7.10. The summed E-state index contributed by atoms with van der Waals surface area (Å²) in [5.74, 6) is -0.284. The molecule has 0 radical (unpaired) electrons. The SMILES string of the molecule is O=S1(=O)CCC(OS(=O)(=O)c2ccc(Cl)cc2)C1. The molecule has 0 bridgehead atoms. The number of rotatable bonds is 3. The molecule has 0 N–H and O–H groups in total. The molecule has 0 aromatic heterocycles. The molecule has 18 heavy (non-hydrogen) atoms. The lowest BCUT2D eigenvalue weighted by Crippen LogP contribution is -2.19. The van der Waals surface area contributed by atoms with Gasteiger partial charge < -0.3 is 0 Å². The number of sulfone groups is 1. The molecule has 1 aromatic carbocycles. The number of hydrogen-bond acceptors (Lipinski definition) is 5. The molecule has 0 spiro atoms. The Morgan fingerprint density at radius 1 is 1.22 bits per heavy atom. The molecule has 0 amide bonds. The Morgan fingerprint density at radius 2 is 1.83 bits per heavy atom. The highest BCUT2D eigenvalue weighted by molar-refractivity contribution is 7.91. The highest BCUT2D eigenvalue weighted by Gasteiger charge is 2.32. The molecule has 2 rings (SSSR count). The van der Waals surface area contributed by atoms with Gasteiger partial charge in [-0.1, -0.05) is 11.6 Å². The highest BCUT2D eigenvalue weighted by atomic mass is 35.5. The summed E-state index contributed by atoms with van der Waals surface area (Å²) in [5.41, 5.74) is 0. The Labute approximate surface area is 111 Å². The van der Waals surface area contributed by atoms with E-state index in [2.05, 4.69) is 0 Å². The maximum atomic E-state index is 11.9. The number of hydrogen-bond donors (Lipinski definition) is 0. The van der Waals surface area contributed by atoms with E-state index in [1.165, 1.54) is 24.3 Å². The first kappa shape index (κ1) is 13.8. The van der Waals surface area contributed by atoms with Crippen LogP contribution in [0.1, 0.15) is 6.42 Å². The molecule has 0 aliphatic carbocycles. The maximum absolute atomic E-state index is 11.9. The molecule has 1 saturated heterocycles. The van der Waals surface area contributed by atoms with E-state index in [9.17, 15) is 16.8 Å².